The molecule has 0 heterocycles. The Bertz CT molecular complexity index is 162. The third-order valence-corrected chi connectivity index (χ3v) is 3.78. The van der Waals surface area contributed by atoms with Crippen LogP contribution in [0.4, 0.5) is 0 Å². The summed E-state index contributed by atoms with van der Waals surface area (Å²) in [5, 5.41) is 3.54. The molecule has 0 saturated carbocycles. The molecule has 0 amide bonds. The molecule has 0 rings (SSSR count). The fraction of sp³-hybridized carbons (Fsp3) is 1.00. The predicted octanol–water partition coefficient (Wildman–Crippen LogP) is 2.55. The van der Waals surface area contributed by atoms with Gasteiger partial charge in [-0.3, -0.25) is 0 Å². The van der Waals surface area contributed by atoms with Crippen molar-refractivity contribution in [3.8, 4) is 0 Å². The summed E-state index contributed by atoms with van der Waals surface area (Å²) >= 11 is 1.92. The van der Waals surface area contributed by atoms with Gasteiger partial charge in [0.15, 0.2) is 0 Å². The van der Waals surface area contributed by atoms with Crippen LogP contribution in [0.5, 0.6) is 0 Å². The first kappa shape index (κ1) is 16.3. The summed E-state index contributed by atoms with van der Waals surface area (Å²) in [5.41, 5.74) is 0. The molecular formula is C13H30N2S. The van der Waals surface area contributed by atoms with Gasteiger partial charge >= 0.3 is 0 Å². The van der Waals surface area contributed by atoms with Crippen molar-refractivity contribution in [1.82, 2.24) is 10.2 Å². The van der Waals surface area contributed by atoms with E-state index in [9.17, 15) is 0 Å². The maximum atomic E-state index is 3.54. The summed E-state index contributed by atoms with van der Waals surface area (Å²) < 4.78 is 0. The first-order valence-electron chi connectivity index (χ1n) is 6.38. The molecule has 2 atom stereocenters. The lowest BCUT2D eigenvalue weighted by Gasteiger charge is -2.30. The van der Waals surface area contributed by atoms with Gasteiger partial charge in [-0.15, -0.1) is 0 Å². The highest BCUT2D eigenvalue weighted by Gasteiger charge is 2.16. The van der Waals surface area contributed by atoms with Crippen LogP contribution in [-0.4, -0.2) is 49.6 Å². The van der Waals surface area contributed by atoms with E-state index in [4.69, 9.17) is 0 Å². The Kier molecular flexibility index (Phi) is 9.47. The van der Waals surface area contributed by atoms with Crippen LogP contribution in [0.3, 0.4) is 0 Å². The third kappa shape index (κ3) is 7.53. The minimum atomic E-state index is 0.659. The first-order chi connectivity index (χ1) is 7.49. The molecule has 1 N–H and O–H groups in total. The summed E-state index contributed by atoms with van der Waals surface area (Å²) in [6.07, 6.45) is 2.17. The average molecular weight is 246 g/mol. The first-order valence-corrected chi connectivity index (χ1v) is 7.78. The van der Waals surface area contributed by atoms with Crippen LogP contribution in [0.25, 0.3) is 0 Å². The summed E-state index contributed by atoms with van der Waals surface area (Å²) in [6.45, 7) is 12.6. The topological polar surface area (TPSA) is 15.3 Å². The molecule has 0 aromatic heterocycles. The highest BCUT2D eigenvalue weighted by Crippen LogP contribution is 2.09. The van der Waals surface area contributed by atoms with Crippen molar-refractivity contribution in [1.29, 1.82) is 0 Å². The summed E-state index contributed by atoms with van der Waals surface area (Å²) in [7, 11) is 2.24. The molecule has 0 aliphatic heterocycles. The lowest BCUT2D eigenvalue weighted by molar-refractivity contribution is 0.205. The van der Waals surface area contributed by atoms with Gasteiger partial charge in [-0.05, 0) is 45.2 Å². The second kappa shape index (κ2) is 9.32. The smallest absolute Gasteiger partial charge is 0.0102 e. The van der Waals surface area contributed by atoms with Gasteiger partial charge in [-0.2, -0.15) is 11.8 Å². The standard InChI is InChI=1S/C13H30N2S/c1-11(2)9-14-10-12(3)13(4)15(5)7-8-16-6/h11-14H,7-10H2,1-6H3. The Morgan fingerprint density at radius 2 is 1.75 bits per heavy atom. The molecule has 2 nitrogen and oxygen atoms in total. The van der Waals surface area contributed by atoms with Crippen molar-refractivity contribution in [3.05, 3.63) is 0 Å². The molecule has 3 heteroatoms. The molecule has 0 aliphatic carbocycles. The number of hydrogen-bond donors (Lipinski definition) is 1. The maximum Gasteiger partial charge on any atom is 0.0102 e. The van der Waals surface area contributed by atoms with Gasteiger partial charge in [-0.25, -0.2) is 0 Å². The van der Waals surface area contributed by atoms with Crippen molar-refractivity contribution in [2.24, 2.45) is 11.8 Å². The van der Waals surface area contributed by atoms with Gasteiger partial charge in [-0.1, -0.05) is 20.8 Å². The van der Waals surface area contributed by atoms with E-state index in [1.165, 1.54) is 12.3 Å². The summed E-state index contributed by atoms with van der Waals surface area (Å²) in [4.78, 5) is 2.47. The van der Waals surface area contributed by atoms with E-state index < -0.39 is 0 Å². The lowest BCUT2D eigenvalue weighted by atomic mass is 10.0. The number of rotatable bonds is 9. The normalized spacial score (nSPS) is 15.8. The summed E-state index contributed by atoms with van der Waals surface area (Å²) in [6, 6.07) is 0.659. The quantitative estimate of drug-likeness (QED) is 0.673. The number of nitrogens with zero attached hydrogens (tertiary/aromatic N) is 1. The molecule has 2 unspecified atom stereocenters. The molecule has 0 spiro atoms. The highest BCUT2D eigenvalue weighted by molar-refractivity contribution is 7.98. The lowest BCUT2D eigenvalue weighted by Crippen LogP contribution is -2.40. The Hall–Kier alpha value is 0.270. The predicted molar refractivity (Wildman–Crippen MR) is 77.3 cm³/mol. The number of nitrogens with one attached hydrogen (secondary N) is 1. The van der Waals surface area contributed by atoms with Crippen LogP contribution in [0.15, 0.2) is 0 Å². The minimum Gasteiger partial charge on any atom is -0.316 e. The molecule has 16 heavy (non-hydrogen) atoms. The summed E-state index contributed by atoms with van der Waals surface area (Å²) in [5.74, 6) is 2.69. The van der Waals surface area contributed by atoms with Crippen molar-refractivity contribution in [2.75, 3.05) is 38.7 Å². The van der Waals surface area contributed by atoms with E-state index in [1.807, 2.05) is 11.8 Å². The maximum absolute atomic E-state index is 3.54. The van der Waals surface area contributed by atoms with Crippen LogP contribution >= 0.6 is 11.8 Å². The molecular weight excluding hydrogens is 216 g/mol. The molecule has 0 aromatic carbocycles. The van der Waals surface area contributed by atoms with Crippen LogP contribution in [-0.2, 0) is 0 Å². The molecule has 98 valence electrons. The van der Waals surface area contributed by atoms with Crippen LogP contribution < -0.4 is 5.32 Å². The van der Waals surface area contributed by atoms with E-state index >= 15 is 0 Å². The van der Waals surface area contributed by atoms with E-state index in [0.29, 0.717) is 12.0 Å². The monoisotopic (exact) mass is 246 g/mol. The zero-order chi connectivity index (χ0) is 12.6. The molecule has 0 fully saturated rings. The SMILES string of the molecule is CSCCN(C)C(C)C(C)CNCC(C)C. The molecule has 0 radical (unpaired) electrons. The highest BCUT2D eigenvalue weighted by atomic mass is 32.2. The molecule has 0 saturated heterocycles. The number of hydrogen-bond acceptors (Lipinski definition) is 3. The van der Waals surface area contributed by atoms with Crippen LogP contribution in [0.1, 0.15) is 27.7 Å². The average Bonchev–Trinajstić information content (AvgIpc) is 2.24. The van der Waals surface area contributed by atoms with E-state index in [2.05, 4.69) is 51.2 Å². The minimum absolute atomic E-state index is 0.659. The fourth-order valence-electron chi connectivity index (χ4n) is 1.64. The largest absolute Gasteiger partial charge is 0.316 e. The van der Waals surface area contributed by atoms with Gasteiger partial charge in [0.25, 0.3) is 0 Å². The van der Waals surface area contributed by atoms with Crippen LogP contribution in [0.2, 0.25) is 0 Å². The van der Waals surface area contributed by atoms with Gasteiger partial charge in [0, 0.05) is 18.3 Å². The second-order valence-electron chi connectivity index (χ2n) is 5.24. The third-order valence-electron chi connectivity index (χ3n) is 3.19. The van der Waals surface area contributed by atoms with Crippen molar-refractivity contribution in [3.63, 3.8) is 0 Å². The van der Waals surface area contributed by atoms with E-state index in [1.54, 1.807) is 0 Å². The van der Waals surface area contributed by atoms with Gasteiger partial charge in [0.1, 0.15) is 0 Å². The van der Waals surface area contributed by atoms with Crippen molar-refractivity contribution < 1.29 is 0 Å². The van der Waals surface area contributed by atoms with Crippen molar-refractivity contribution >= 4 is 11.8 Å². The molecule has 0 aliphatic rings. The Morgan fingerprint density at radius 3 is 2.25 bits per heavy atom. The second-order valence-corrected chi connectivity index (χ2v) is 6.23. The Labute approximate surface area is 107 Å². The molecule has 0 bridgehead atoms. The van der Waals surface area contributed by atoms with E-state index in [0.717, 1.165) is 19.0 Å². The Balaban J connectivity index is 3.74. The van der Waals surface area contributed by atoms with Crippen LogP contribution in [0, 0.1) is 11.8 Å². The van der Waals surface area contributed by atoms with Gasteiger partial charge in [0.2, 0.25) is 0 Å². The number of thioether (sulfide) groups is 1. The Morgan fingerprint density at radius 1 is 1.12 bits per heavy atom. The zero-order valence-corrected chi connectivity index (χ0v) is 12.7. The zero-order valence-electron chi connectivity index (χ0n) is 11.9. The fourth-order valence-corrected chi connectivity index (χ4v) is 2.11. The van der Waals surface area contributed by atoms with Crippen molar-refractivity contribution in [2.45, 2.75) is 33.7 Å². The van der Waals surface area contributed by atoms with Gasteiger partial charge in [0.05, 0.1) is 0 Å². The molecule has 0 aromatic rings. The van der Waals surface area contributed by atoms with E-state index in [-0.39, 0.29) is 0 Å². The van der Waals surface area contributed by atoms with Gasteiger partial charge < -0.3 is 10.2 Å².